The van der Waals surface area contributed by atoms with Crippen molar-refractivity contribution in [2.24, 2.45) is 5.92 Å². The summed E-state index contributed by atoms with van der Waals surface area (Å²) in [6, 6.07) is 7.55. The number of fused-ring (bicyclic) bond motifs is 1. The summed E-state index contributed by atoms with van der Waals surface area (Å²) in [5.41, 5.74) is 3.09. The largest absolute Gasteiger partial charge is 0.338 e. The summed E-state index contributed by atoms with van der Waals surface area (Å²) in [5.74, 6) is 0.103. The lowest BCUT2D eigenvalue weighted by Gasteiger charge is -2.35. The van der Waals surface area contributed by atoms with E-state index in [-0.39, 0.29) is 11.8 Å². The van der Waals surface area contributed by atoms with E-state index in [0.29, 0.717) is 37.4 Å². The molecule has 0 radical (unpaired) electrons. The van der Waals surface area contributed by atoms with Gasteiger partial charge >= 0.3 is 0 Å². The van der Waals surface area contributed by atoms with Crippen LogP contribution in [-0.2, 0) is 27.8 Å². The molecule has 2 aliphatic heterocycles. The van der Waals surface area contributed by atoms with Gasteiger partial charge in [0, 0.05) is 37.0 Å². The monoisotopic (exact) mass is 418 g/mol. The van der Waals surface area contributed by atoms with Gasteiger partial charge in [0.25, 0.3) is 0 Å². The summed E-state index contributed by atoms with van der Waals surface area (Å²) < 4.78 is 27.6. The number of rotatable bonds is 3. The predicted octanol–water partition coefficient (Wildman–Crippen LogP) is 3.35. The maximum absolute atomic E-state index is 13.0. The summed E-state index contributed by atoms with van der Waals surface area (Å²) in [4.78, 5) is 16.7. The highest BCUT2D eigenvalue weighted by Gasteiger charge is 2.35. The molecule has 1 fully saturated rings. The molecule has 28 heavy (non-hydrogen) atoms. The number of hydrogen-bond donors (Lipinski definition) is 0. The fourth-order valence-electron chi connectivity index (χ4n) is 4.27. The average Bonchev–Trinajstić information content (AvgIpc) is 3.15. The second-order valence-electron chi connectivity index (χ2n) is 7.83. The maximum atomic E-state index is 13.0. The molecular formula is C21H26N2O3S2. The van der Waals surface area contributed by atoms with Gasteiger partial charge in [-0.1, -0.05) is 17.7 Å². The molecule has 0 saturated carbocycles. The number of hydrogen-bond acceptors (Lipinski definition) is 4. The Bertz CT molecular complexity index is 989. The Morgan fingerprint density at radius 2 is 1.86 bits per heavy atom. The normalized spacial score (nSPS) is 18.9. The highest BCUT2D eigenvalue weighted by atomic mass is 32.2. The second kappa shape index (κ2) is 7.61. The number of sulfonamides is 1. The van der Waals surface area contributed by atoms with Crippen molar-refractivity contribution in [3.63, 3.8) is 0 Å². The first-order valence-electron chi connectivity index (χ1n) is 9.77. The van der Waals surface area contributed by atoms with Crippen molar-refractivity contribution >= 4 is 27.3 Å². The Kier molecular flexibility index (Phi) is 5.33. The number of amides is 1. The van der Waals surface area contributed by atoms with Gasteiger partial charge in [-0.25, -0.2) is 8.42 Å². The molecule has 0 bridgehead atoms. The lowest BCUT2D eigenvalue weighted by molar-refractivity contribution is -0.137. The van der Waals surface area contributed by atoms with E-state index in [1.165, 1.54) is 10.4 Å². The van der Waals surface area contributed by atoms with E-state index in [0.717, 1.165) is 24.1 Å². The van der Waals surface area contributed by atoms with Crippen molar-refractivity contribution in [3.05, 3.63) is 51.2 Å². The Hall–Kier alpha value is -1.70. The lowest BCUT2D eigenvalue weighted by atomic mass is 9.95. The molecule has 1 aromatic carbocycles. The van der Waals surface area contributed by atoms with Crippen LogP contribution in [0.1, 0.15) is 34.4 Å². The van der Waals surface area contributed by atoms with Crippen LogP contribution < -0.4 is 0 Å². The van der Waals surface area contributed by atoms with Crippen LogP contribution in [0, 0.1) is 19.8 Å². The van der Waals surface area contributed by atoms with Gasteiger partial charge in [-0.2, -0.15) is 4.31 Å². The van der Waals surface area contributed by atoms with Crippen LogP contribution >= 0.6 is 11.3 Å². The summed E-state index contributed by atoms with van der Waals surface area (Å²) >= 11 is 1.77. The van der Waals surface area contributed by atoms with E-state index in [1.54, 1.807) is 21.7 Å². The fraction of sp³-hybridized carbons (Fsp3) is 0.476. The predicted molar refractivity (Wildman–Crippen MR) is 111 cm³/mol. The van der Waals surface area contributed by atoms with Crippen molar-refractivity contribution in [1.82, 2.24) is 9.21 Å². The third-order valence-corrected chi connectivity index (χ3v) is 8.95. The number of carbonyl (C=O) groups excluding carboxylic acids is 1. The van der Waals surface area contributed by atoms with E-state index < -0.39 is 10.0 Å². The highest BCUT2D eigenvalue weighted by molar-refractivity contribution is 7.89. The van der Waals surface area contributed by atoms with E-state index in [2.05, 4.69) is 11.4 Å². The van der Waals surface area contributed by atoms with Crippen molar-refractivity contribution < 1.29 is 13.2 Å². The lowest BCUT2D eigenvalue weighted by Crippen LogP contribution is -2.45. The van der Waals surface area contributed by atoms with E-state index in [9.17, 15) is 13.2 Å². The molecule has 2 aromatic rings. The molecule has 0 N–H and O–H groups in total. The molecule has 3 heterocycles. The first kappa shape index (κ1) is 19.6. The Balaban J connectivity index is 1.41. The van der Waals surface area contributed by atoms with Gasteiger partial charge < -0.3 is 4.90 Å². The van der Waals surface area contributed by atoms with Crippen molar-refractivity contribution in [2.75, 3.05) is 19.6 Å². The standard InChI is InChI=1S/C21H26N2O3S2/c1-15-3-4-20(16(2)13-15)28(25,26)23-10-5-17(6-11-23)21(24)22-9-7-19-18(14-22)8-12-27-19/h3-4,8,12-13,17H,5-7,9-11,14H2,1-2H3. The molecule has 0 unspecified atom stereocenters. The third kappa shape index (κ3) is 3.63. The minimum absolute atomic E-state index is 0.0780. The summed E-state index contributed by atoms with van der Waals surface area (Å²) in [6.07, 6.45) is 2.12. The fourth-order valence-corrected chi connectivity index (χ4v) is 6.83. The molecule has 4 rings (SSSR count). The van der Waals surface area contributed by atoms with Crippen molar-refractivity contribution in [2.45, 2.75) is 44.6 Å². The van der Waals surface area contributed by atoms with Gasteiger partial charge in [-0.15, -0.1) is 11.3 Å². The Labute approximate surface area is 171 Å². The van der Waals surface area contributed by atoms with Crippen LogP contribution in [-0.4, -0.2) is 43.2 Å². The van der Waals surface area contributed by atoms with Gasteiger partial charge in [-0.05, 0) is 61.7 Å². The Morgan fingerprint density at radius 3 is 2.57 bits per heavy atom. The van der Waals surface area contributed by atoms with Gasteiger partial charge in [0.05, 0.1) is 4.90 Å². The zero-order chi connectivity index (χ0) is 19.9. The Morgan fingerprint density at radius 1 is 1.11 bits per heavy atom. The van der Waals surface area contributed by atoms with E-state index in [1.807, 2.05) is 30.9 Å². The van der Waals surface area contributed by atoms with Crippen LogP contribution in [0.5, 0.6) is 0 Å². The minimum Gasteiger partial charge on any atom is -0.338 e. The number of piperidine rings is 1. The zero-order valence-electron chi connectivity index (χ0n) is 16.3. The molecule has 2 aliphatic rings. The number of carbonyl (C=O) groups is 1. The molecule has 7 heteroatoms. The van der Waals surface area contributed by atoms with E-state index in [4.69, 9.17) is 0 Å². The number of aryl methyl sites for hydroxylation is 2. The van der Waals surface area contributed by atoms with Gasteiger partial charge in [0.15, 0.2) is 0 Å². The summed E-state index contributed by atoms with van der Waals surface area (Å²) in [6.45, 7) is 6.07. The summed E-state index contributed by atoms with van der Waals surface area (Å²) in [7, 11) is -3.51. The van der Waals surface area contributed by atoms with Crippen molar-refractivity contribution in [1.29, 1.82) is 0 Å². The number of thiophene rings is 1. The van der Waals surface area contributed by atoms with Crippen LogP contribution in [0.25, 0.3) is 0 Å². The molecule has 0 aliphatic carbocycles. The second-order valence-corrected chi connectivity index (χ2v) is 10.7. The molecule has 0 spiro atoms. The van der Waals surface area contributed by atoms with Crippen LogP contribution in [0.15, 0.2) is 34.5 Å². The average molecular weight is 419 g/mol. The molecule has 5 nitrogen and oxygen atoms in total. The molecule has 1 aromatic heterocycles. The zero-order valence-corrected chi connectivity index (χ0v) is 18.0. The van der Waals surface area contributed by atoms with Crippen molar-refractivity contribution in [3.8, 4) is 0 Å². The van der Waals surface area contributed by atoms with Crippen LogP contribution in [0.2, 0.25) is 0 Å². The number of nitrogens with zero attached hydrogens (tertiary/aromatic N) is 2. The first-order valence-corrected chi connectivity index (χ1v) is 12.1. The molecular weight excluding hydrogens is 392 g/mol. The van der Waals surface area contributed by atoms with Crippen LogP contribution in [0.3, 0.4) is 0 Å². The molecule has 1 saturated heterocycles. The van der Waals surface area contributed by atoms with Gasteiger partial charge in [0.2, 0.25) is 15.9 Å². The third-order valence-electron chi connectivity index (χ3n) is 5.87. The minimum atomic E-state index is -3.51. The first-order chi connectivity index (χ1) is 13.4. The topological polar surface area (TPSA) is 57.7 Å². The van der Waals surface area contributed by atoms with Gasteiger partial charge in [-0.3, -0.25) is 4.79 Å². The van der Waals surface area contributed by atoms with Crippen LogP contribution in [0.4, 0.5) is 0 Å². The molecule has 0 atom stereocenters. The summed E-state index contributed by atoms with van der Waals surface area (Å²) in [5, 5.41) is 2.09. The smallest absolute Gasteiger partial charge is 0.243 e. The quantitative estimate of drug-likeness (QED) is 0.768. The SMILES string of the molecule is Cc1ccc(S(=O)(=O)N2CCC(C(=O)N3CCc4sccc4C3)CC2)c(C)c1. The van der Waals surface area contributed by atoms with E-state index >= 15 is 0 Å². The maximum Gasteiger partial charge on any atom is 0.243 e. The molecule has 150 valence electrons. The number of benzene rings is 1. The molecule has 1 amide bonds. The van der Waals surface area contributed by atoms with Gasteiger partial charge in [0.1, 0.15) is 0 Å². The highest BCUT2D eigenvalue weighted by Crippen LogP contribution is 2.29.